The number of nitrogens with zero attached hydrogens (tertiary/aromatic N) is 2. The minimum atomic E-state index is -0.713. The van der Waals surface area contributed by atoms with Gasteiger partial charge in [-0.15, -0.1) is 35.3 Å². The van der Waals surface area contributed by atoms with E-state index in [0.717, 1.165) is 29.4 Å². The van der Waals surface area contributed by atoms with E-state index < -0.39 is 11.6 Å². The third-order valence-electron chi connectivity index (χ3n) is 3.34. The second kappa shape index (κ2) is 11.3. The monoisotopic (exact) mass is 496 g/mol. The van der Waals surface area contributed by atoms with Crippen molar-refractivity contribution in [1.82, 2.24) is 15.6 Å². The van der Waals surface area contributed by atoms with Gasteiger partial charge in [0.15, 0.2) is 17.5 Å². The van der Waals surface area contributed by atoms with Gasteiger partial charge in [0.2, 0.25) is 0 Å². The van der Waals surface area contributed by atoms with Crippen LogP contribution in [0.15, 0.2) is 23.2 Å². The summed E-state index contributed by atoms with van der Waals surface area (Å²) < 4.78 is 31.6. The number of aliphatic imine (C=N–C) groups is 1. The molecule has 2 rings (SSSR count). The van der Waals surface area contributed by atoms with E-state index >= 15 is 0 Å². The van der Waals surface area contributed by atoms with Crippen LogP contribution in [0.5, 0.6) is 5.75 Å². The van der Waals surface area contributed by atoms with Crippen molar-refractivity contribution in [3.63, 3.8) is 0 Å². The minimum Gasteiger partial charge on any atom is -0.489 e. The fourth-order valence-electron chi connectivity index (χ4n) is 2.02. The third kappa shape index (κ3) is 7.02. The molecule has 0 aliphatic heterocycles. The van der Waals surface area contributed by atoms with Crippen molar-refractivity contribution in [2.24, 2.45) is 4.99 Å². The molecule has 0 atom stereocenters. The first-order valence-electron chi connectivity index (χ1n) is 8.02. The van der Waals surface area contributed by atoms with Gasteiger partial charge in [0.05, 0.1) is 18.8 Å². The molecular weight excluding hydrogens is 473 g/mol. The van der Waals surface area contributed by atoms with Gasteiger partial charge in [0.1, 0.15) is 17.4 Å². The molecule has 0 amide bonds. The Bertz CT molecular complexity index is 720. The average Bonchev–Trinajstić information content (AvgIpc) is 2.89. The number of benzene rings is 1. The molecule has 0 saturated heterocycles. The maximum atomic E-state index is 13.5. The van der Waals surface area contributed by atoms with Gasteiger partial charge in [0, 0.05) is 17.5 Å². The van der Waals surface area contributed by atoms with Crippen LogP contribution >= 0.6 is 35.3 Å². The molecular formula is C17H23F2IN4OS. The molecule has 26 heavy (non-hydrogen) atoms. The summed E-state index contributed by atoms with van der Waals surface area (Å²) in [6.07, 6.45) is 0. The highest BCUT2D eigenvalue weighted by molar-refractivity contribution is 14.0. The van der Waals surface area contributed by atoms with Crippen molar-refractivity contribution in [3.8, 4) is 5.75 Å². The van der Waals surface area contributed by atoms with Crippen LogP contribution in [-0.2, 0) is 6.54 Å². The molecule has 0 spiro atoms. The predicted octanol–water partition coefficient (Wildman–Crippen LogP) is 3.79. The summed E-state index contributed by atoms with van der Waals surface area (Å²) in [5.41, 5.74) is 1.03. The van der Waals surface area contributed by atoms with Crippen LogP contribution in [-0.4, -0.2) is 30.6 Å². The van der Waals surface area contributed by atoms with Crippen LogP contribution < -0.4 is 15.4 Å². The summed E-state index contributed by atoms with van der Waals surface area (Å²) in [4.78, 5) is 10.1. The lowest BCUT2D eigenvalue weighted by Gasteiger charge is -2.12. The van der Waals surface area contributed by atoms with Gasteiger partial charge in [-0.05, 0) is 32.9 Å². The number of aromatic nitrogens is 1. The average molecular weight is 496 g/mol. The number of hydrogen-bond donors (Lipinski definition) is 2. The number of nitrogens with one attached hydrogen (secondary N) is 2. The Morgan fingerprint density at radius 1 is 1.27 bits per heavy atom. The standard InChI is InChI=1S/C17H22F2N4OS.HI/c1-4-20-17(22-10-16-23-11(2)12(3)25-16)21-7-8-24-15-6-5-13(18)9-14(15)19;/h5-6,9H,4,7-8,10H2,1-3H3,(H2,20,21,22);1H. The molecule has 0 unspecified atom stereocenters. The highest BCUT2D eigenvalue weighted by Crippen LogP contribution is 2.18. The SMILES string of the molecule is CCNC(=NCc1nc(C)c(C)s1)NCCOc1ccc(F)cc1F.I. The smallest absolute Gasteiger partial charge is 0.191 e. The van der Waals surface area contributed by atoms with Crippen LogP contribution in [0.4, 0.5) is 8.78 Å². The summed E-state index contributed by atoms with van der Waals surface area (Å²) in [7, 11) is 0. The number of thiazole rings is 1. The van der Waals surface area contributed by atoms with Gasteiger partial charge in [-0.25, -0.2) is 18.8 Å². The van der Waals surface area contributed by atoms with E-state index in [1.807, 2.05) is 20.8 Å². The number of halogens is 3. The van der Waals surface area contributed by atoms with E-state index in [-0.39, 0.29) is 36.3 Å². The van der Waals surface area contributed by atoms with E-state index in [1.54, 1.807) is 11.3 Å². The van der Waals surface area contributed by atoms with Crippen LogP contribution in [0.1, 0.15) is 22.5 Å². The summed E-state index contributed by atoms with van der Waals surface area (Å²) in [6, 6.07) is 3.23. The summed E-state index contributed by atoms with van der Waals surface area (Å²) in [6.45, 7) is 7.85. The van der Waals surface area contributed by atoms with E-state index in [9.17, 15) is 8.78 Å². The second-order valence-corrected chi connectivity index (χ2v) is 6.58. The number of ether oxygens (including phenoxy) is 1. The van der Waals surface area contributed by atoms with E-state index in [1.165, 1.54) is 10.9 Å². The first-order chi connectivity index (χ1) is 12.0. The first-order valence-corrected chi connectivity index (χ1v) is 8.84. The molecule has 0 aliphatic rings. The van der Waals surface area contributed by atoms with Crippen molar-refractivity contribution in [1.29, 1.82) is 0 Å². The highest BCUT2D eigenvalue weighted by Gasteiger charge is 2.06. The van der Waals surface area contributed by atoms with Crippen LogP contribution in [0, 0.1) is 25.5 Å². The normalized spacial score (nSPS) is 11.0. The Balaban J connectivity index is 0.00000338. The maximum Gasteiger partial charge on any atom is 0.191 e. The fraction of sp³-hybridized carbons (Fsp3) is 0.412. The van der Waals surface area contributed by atoms with Gasteiger partial charge < -0.3 is 15.4 Å². The molecule has 9 heteroatoms. The largest absolute Gasteiger partial charge is 0.489 e. The molecule has 1 aromatic carbocycles. The van der Waals surface area contributed by atoms with Crippen molar-refractivity contribution in [2.45, 2.75) is 27.3 Å². The first kappa shape index (κ1) is 22.6. The summed E-state index contributed by atoms with van der Waals surface area (Å²) in [5, 5.41) is 7.19. The van der Waals surface area contributed by atoms with Gasteiger partial charge >= 0.3 is 0 Å². The quantitative estimate of drug-likeness (QED) is 0.265. The Kier molecular flexibility index (Phi) is 9.78. The number of rotatable bonds is 7. The Morgan fingerprint density at radius 3 is 2.65 bits per heavy atom. The summed E-state index contributed by atoms with van der Waals surface area (Å²) >= 11 is 1.63. The number of guanidine groups is 1. The molecule has 144 valence electrons. The molecule has 2 aromatic rings. The third-order valence-corrected chi connectivity index (χ3v) is 4.39. The van der Waals surface area contributed by atoms with E-state index in [2.05, 4.69) is 20.6 Å². The summed E-state index contributed by atoms with van der Waals surface area (Å²) in [5.74, 6) is -0.678. The zero-order valence-electron chi connectivity index (χ0n) is 14.9. The molecule has 2 N–H and O–H groups in total. The van der Waals surface area contributed by atoms with E-state index in [4.69, 9.17) is 4.74 Å². The fourth-order valence-corrected chi connectivity index (χ4v) is 2.88. The molecule has 0 aliphatic carbocycles. The van der Waals surface area contributed by atoms with Crippen LogP contribution in [0.25, 0.3) is 0 Å². The number of aryl methyl sites for hydroxylation is 2. The van der Waals surface area contributed by atoms with Gasteiger partial charge in [0.25, 0.3) is 0 Å². The van der Waals surface area contributed by atoms with Crippen molar-refractivity contribution < 1.29 is 13.5 Å². The van der Waals surface area contributed by atoms with Crippen LogP contribution in [0.2, 0.25) is 0 Å². The molecule has 0 bridgehead atoms. The Labute approximate surface area is 173 Å². The highest BCUT2D eigenvalue weighted by atomic mass is 127. The molecule has 0 radical (unpaired) electrons. The lowest BCUT2D eigenvalue weighted by molar-refractivity contribution is 0.304. The van der Waals surface area contributed by atoms with Gasteiger partial charge in [-0.3, -0.25) is 0 Å². The maximum absolute atomic E-state index is 13.5. The number of hydrogen-bond acceptors (Lipinski definition) is 4. The van der Waals surface area contributed by atoms with Gasteiger partial charge in [-0.1, -0.05) is 0 Å². The molecule has 0 saturated carbocycles. The molecule has 0 fully saturated rings. The van der Waals surface area contributed by atoms with Crippen molar-refractivity contribution in [2.75, 3.05) is 19.7 Å². The molecule has 1 aromatic heterocycles. The van der Waals surface area contributed by atoms with Crippen LogP contribution in [0.3, 0.4) is 0 Å². The molecule has 5 nitrogen and oxygen atoms in total. The molecule has 1 heterocycles. The Morgan fingerprint density at radius 2 is 2.04 bits per heavy atom. The topological polar surface area (TPSA) is 58.5 Å². The van der Waals surface area contributed by atoms with Crippen molar-refractivity contribution >= 4 is 41.3 Å². The minimum absolute atomic E-state index is 0. The lowest BCUT2D eigenvalue weighted by Crippen LogP contribution is -2.39. The van der Waals surface area contributed by atoms with Crippen molar-refractivity contribution in [3.05, 3.63) is 45.4 Å². The zero-order valence-corrected chi connectivity index (χ0v) is 18.1. The van der Waals surface area contributed by atoms with Gasteiger partial charge in [-0.2, -0.15) is 0 Å². The Hall–Kier alpha value is -1.49. The predicted molar refractivity (Wildman–Crippen MR) is 112 cm³/mol. The van der Waals surface area contributed by atoms with E-state index in [0.29, 0.717) is 19.0 Å². The zero-order chi connectivity index (χ0) is 18.2. The lowest BCUT2D eigenvalue weighted by atomic mass is 10.3. The second-order valence-electron chi connectivity index (χ2n) is 5.29.